The van der Waals surface area contributed by atoms with Gasteiger partial charge in [0, 0.05) is 11.6 Å². The van der Waals surface area contributed by atoms with Gasteiger partial charge in [0.05, 0.1) is 12.8 Å². The number of carbonyl (C=O) groups is 3. The highest BCUT2D eigenvalue weighted by Gasteiger charge is 2.55. The fourth-order valence-corrected chi connectivity index (χ4v) is 11.5. The number of aliphatic hydroxyl groups excluding tert-OH is 1. The van der Waals surface area contributed by atoms with E-state index in [0.29, 0.717) is 23.8 Å². The number of rotatable bonds is 7. The van der Waals surface area contributed by atoms with E-state index in [9.17, 15) is 29.7 Å². The van der Waals surface area contributed by atoms with Crippen molar-refractivity contribution in [1.82, 2.24) is 0 Å². The van der Waals surface area contributed by atoms with Gasteiger partial charge in [-0.15, -0.1) is 0 Å². The molecule has 1 aromatic rings. The molecule has 0 aliphatic heterocycles. The molecule has 0 unspecified atom stereocenters. The highest BCUT2D eigenvalue weighted by Crippen LogP contribution is 2.64. The summed E-state index contributed by atoms with van der Waals surface area (Å²) in [6.45, 7) is 18.0. The predicted octanol–water partition coefficient (Wildman–Crippen LogP) is 9.67. The molecule has 5 aliphatic carbocycles. The van der Waals surface area contributed by atoms with E-state index >= 15 is 0 Å². The summed E-state index contributed by atoms with van der Waals surface area (Å²) in [6, 6.07) is 1.51. The lowest BCUT2D eigenvalue weighted by atomic mass is 9.46. The number of esters is 1. The molecule has 282 valence electrons. The second-order valence-corrected chi connectivity index (χ2v) is 18.0. The number of methoxy groups -OCH3 is 1. The molecule has 8 heteroatoms. The standard InChI is InChI=1S/C44H59NO7/c1-24-12-10-14-33-41(24,5)18-16-26(3)43(33,7)22-28-20-29(40(51)52-9)39(50)35(36(28)47)45-31-21-32(46)38(49)30(37(31)48)23-44(8)27(4)17-19-42(6)25(2)13-11-15-34(42)44/h12-13,20-21,26-27,33-34,45,47-48,50H,10-11,14-19,22-23H2,1-9H3/t26-,27-,33+,34+,41+,42+,43+,44+/m0/s1. The molecule has 2 saturated carbocycles. The van der Waals surface area contributed by atoms with E-state index in [-0.39, 0.29) is 73.9 Å². The molecule has 0 radical (unpaired) electrons. The number of phenols is 2. The Labute approximate surface area is 309 Å². The van der Waals surface area contributed by atoms with Crippen LogP contribution in [0.1, 0.15) is 129 Å². The third-order valence-corrected chi connectivity index (χ3v) is 15.6. The first kappa shape index (κ1) is 37.9. The predicted molar refractivity (Wildman–Crippen MR) is 203 cm³/mol. The maximum Gasteiger partial charge on any atom is 0.341 e. The summed E-state index contributed by atoms with van der Waals surface area (Å²) < 4.78 is 5.05. The first-order chi connectivity index (χ1) is 24.3. The zero-order valence-electron chi connectivity index (χ0n) is 32.7. The van der Waals surface area contributed by atoms with Crippen LogP contribution in [0.2, 0.25) is 0 Å². The van der Waals surface area contributed by atoms with Gasteiger partial charge in [-0.05, 0) is 135 Å². The normalized spacial score (nSPS) is 36.3. The second-order valence-electron chi connectivity index (χ2n) is 18.0. The molecule has 2 fully saturated rings. The molecule has 0 heterocycles. The van der Waals surface area contributed by atoms with Gasteiger partial charge in [-0.2, -0.15) is 0 Å². The van der Waals surface area contributed by atoms with Crippen LogP contribution in [0.4, 0.5) is 5.69 Å². The number of hydrogen-bond acceptors (Lipinski definition) is 8. The molecular formula is C44H59NO7. The molecule has 52 heavy (non-hydrogen) atoms. The molecular weight excluding hydrogens is 654 g/mol. The maximum absolute atomic E-state index is 13.6. The summed E-state index contributed by atoms with van der Waals surface area (Å²) in [4.78, 5) is 40.0. The molecule has 0 saturated heterocycles. The van der Waals surface area contributed by atoms with Gasteiger partial charge in [0.2, 0.25) is 11.6 Å². The number of ketones is 2. The Morgan fingerprint density at radius 1 is 0.827 bits per heavy atom. The minimum atomic E-state index is -0.795. The van der Waals surface area contributed by atoms with Crippen LogP contribution in [0.3, 0.4) is 0 Å². The number of anilines is 1. The van der Waals surface area contributed by atoms with Gasteiger partial charge in [-0.1, -0.05) is 64.8 Å². The average molecular weight is 714 g/mol. The largest absolute Gasteiger partial charge is 0.505 e. The van der Waals surface area contributed by atoms with Crippen LogP contribution in [0, 0.1) is 45.3 Å². The van der Waals surface area contributed by atoms with Crippen LogP contribution in [0.25, 0.3) is 0 Å². The van der Waals surface area contributed by atoms with E-state index in [1.165, 1.54) is 24.3 Å². The van der Waals surface area contributed by atoms with Crippen LogP contribution >= 0.6 is 0 Å². The molecule has 1 aromatic carbocycles. The minimum absolute atomic E-state index is 0.0155. The Bertz CT molecular complexity index is 1830. The monoisotopic (exact) mass is 713 g/mol. The number of nitrogens with one attached hydrogen (secondary N) is 1. The fourth-order valence-electron chi connectivity index (χ4n) is 11.5. The molecule has 8 atom stereocenters. The number of allylic oxidation sites excluding steroid dienone is 6. The van der Waals surface area contributed by atoms with Crippen molar-refractivity contribution in [3.8, 4) is 11.5 Å². The number of benzene rings is 1. The SMILES string of the molecule is COC(=O)c1cc(C[C@]2(C)[C@@H](C)CC[C@]3(C)C(C)=CCC[C@@H]23)c(O)c(NC2=CC(=O)C(=O)C(C[C@]3(C)[C@@H](C)CC[C@]4(C)C(C)=CCC[C@@H]34)=C2O)c1O. The third kappa shape index (κ3) is 5.74. The topological polar surface area (TPSA) is 133 Å². The van der Waals surface area contributed by atoms with Crippen molar-refractivity contribution in [2.45, 2.75) is 120 Å². The molecule has 6 rings (SSSR count). The molecule has 4 N–H and O–H groups in total. The quantitative estimate of drug-likeness (QED) is 0.0722. The van der Waals surface area contributed by atoms with Crippen LogP contribution < -0.4 is 5.32 Å². The van der Waals surface area contributed by atoms with Gasteiger partial charge >= 0.3 is 5.97 Å². The number of carbonyl (C=O) groups excluding carboxylic acids is 3. The van der Waals surface area contributed by atoms with E-state index in [1.807, 2.05) is 0 Å². The number of aliphatic hydroxyl groups is 1. The van der Waals surface area contributed by atoms with Gasteiger partial charge in [-0.25, -0.2) is 4.79 Å². The second kappa shape index (κ2) is 13.2. The first-order valence-corrected chi connectivity index (χ1v) is 19.3. The van der Waals surface area contributed by atoms with Crippen molar-refractivity contribution in [2.24, 2.45) is 45.3 Å². The summed E-state index contributed by atoms with van der Waals surface area (Å²) in [6.07, 6.45) is 14.4. The molecule has 5 aliphatic rings. The molecule has 0 spiro atoms. The third-order valence-electron chi connectivity index (χ3n) is 15.6. The summed E-state index contributed by atoms with van der Waals surface area (Å²) in [5, 5.41) is 38.2. The zero-order chi connectivity index (χ0) is 38.1. The van der Waals surface area contributed by atoms with E-state index in [4.69, 9.17) is 4.74 Å². The van der Waals surface area contributed by atoms with Crippen molar-refractivity contribution in [1.29, 1.82) is 0 Å². The van der Waals surface area contributed by atoms with Crippen molar-refractivity contribution in [3.05, 3.63) is 63.6 Å². The van der Waals surface area contributed by atoms with Crippen LogP contribution in [0.15, 0.2) is 52.5 Å². The van der Waals surface area contributed by atoms with E-state index in [0.717, 1.165) is 57.4 Å². The van der Waals surface area contributed by atoms with Crippen molar-refractivity contribution in [2.75, 3.05) is 12.4 Å². The summed E-state index contributed by atoms with van der Waals surface area (Å²) in [5.41, 5.74) is 2.13. The highest BCUT2D eigenvalue weighted by atomic mass is 16.5. The van der Waals surface area contributed by atoms with Crippen LogP contribution in [-0.2, 0) is 20.7 Å². The van der Waals surface area contributed by atoms with Crippen molar-refractivity contribution >= 4 is 23.2 Å². The van der Waals surface area contributed by atoms with Crippen LogP contribution in [-0.4, -0.2) is 40.0 Å². The van der Waals surface area contributed by atoms with Crippen LogP contribution in [0.5, 0.6) is 11.5 Å². The smallest absolute Gasteiger partial charge is 0.341 e. The zero-order valence-corrected chi connectivity index (χ0v) is 32.7. The minimum Gasteiger partial charge on any atom is -0.505 e. The molecule has 0 aromatic heterocycles. The number of aromatic hydroxyl groups is 2. The van der Waals surface area contributed by atoms with E-state index in [1.54, 1.807) is 0 Å². The van der Waals surface area contributed by atoms with Gasteiger partial charge < -0.3 is 25.4 Å². The summed E-state index contributed by atoms with van der Waals surface area (Å²) >= 11 is 0. The summed E-state index contributed by atoms with van der Waals surface area (Å²) in [5.74, 6) is -2.42. The summed E-state index contributed by atoms with van der Waals surface area (Å²) in [7, 11) is 1.23. The Kier molecular flexibility index (Phi) is 9.66. The van der Waals surface area contributed by atoms with Crippen molar-refractivity contribution < 1.29 is 34.4 Å². The lowest BCUT2D eigenvalue weighted by molar-refractivity contribution is -0.132. The molecule has 8 nitrogen and oxygen atoms in total. The highest BCUT2D eigenvalue weighted by molar-refractivity contribution is 6.48. The molecule has 0 bridgehead atoms. The van der Waals surface area contributed by atoms with Crippen molar-refractivity contribution in [3.63, 3.8) is 0 Å². The average Bonchev–Trinajstić information content (AvgIpc) is 3.10. The fraction of sp³-hybridized carbons (Fsp3) is 0.614. The number of ether oxygens (including phenoxy) is 1. The lowest BCUT2D eigenvalue weighted by Gasteiger charge is -2.58. The number of Topliss-reactive ketones (excluding diaryl/α,β-unsaturated/α-hetero) is 1. The molecule has 0 amide bonds. The number of fused-ring (bicyclic) bond motifs is 2. The Morgan fingerprint density at radius 2 is 1.35 bits per heavy atom. The van der Waals surface area contributed by atoms with Gasteiger partial charge in [0.1, 0.15) is 22.8 Å². The maximum atomic E-state index is 13.6. The van der Waals surface area contributed by atoms with Gasteiger partial charge in [-0.3, -0.25) is 9.59 Å². The van der Waals surface area contributed by atoms with E-state index < -0.39 is 23.3 Å². The lowest BCUT2D eigenvalue weighted by Crippen LogP contribution is -2.50. The Hall–Kier alpha value is -3.81. The number of phenolic OH excluding ortho intramolecular Hbond substituents is 2. The van der Waals surface area contributed by atoms with E-state index in [2.05, 4.69) is 72.9 Å². The number of hydrogen-bond donors (Lipinski definition) is 4. The van der Waals surface area contributed by atoms with Gasteiger partial charge in [0.25, 0.3) is 0 Å². The Balaban J connectivity index is 1.40. The first-order valence-electron chi connectivity index (χ1n) is 19.3. The van der Waals surface area contributed by atoms with Gasteiger partial charge in [0.15, 0.2) is 5.75 Å². The Morgan fingerprint density at radius 3 is 1.87 bits per heavy atom.